The Hall–Kier alpha value is -1.03. The zero-order chi connectivity index (χ0) is 13.8. The van der Waals surface area contributed by atoms with Gasteiger partial charge in [-0.25, -0.2) is 0 Å². The number of aldehydes is 1. The van der Waals surface area contributed by atoms with Crippen LogP contribution >= 0.6 is 15.9 Å². The molecule has 104 valence electrons. The number of methoxy groups -OCH3 is 1. The van der Waals surface area contributed by atoms with Gasteiger partial charge in [0.2, 0.25) is 0 Å². The number of hydrogen-bond acceptors (Lipinski definition) is 3. The summed E-state index contributed by atoms with van der Waals surface area (Å²) in [5.74, 6) is 1.65. The molecule has 0 saturated heterocycles. The molecule has 0 N–H and O–H groups in total. The van der Waals surface area contributed by atoms with E-state index >= 15 is 0 Å². The molecule has 2 rings (SSSR count). The van der Waals surface area contributed by atoms with E-state index < -0.39 is 0 Å². The molecule has 4 heteroatoms. The van der Waals surface area contributed by atoms with Crippen LogP contribution < -0.4 is 9.47 Å². The van der Waals surface area contributed by atoms with Crippen molar-refractivity contribution in [2.45, 2.75) is 44.6 Å². The Morgan fingerprint density at radius 3 is 2.74 bits per heavy atom. The Kier molecular flexibility index (Phi) is 4.86. The van der Waals surface area contributed by atoms with Crippen LogP contribution in [0, 0.1) is 0 Å². The van der Waals surface area contributed by atoms with Crippen molar-refractivity contribution in [3.8, 4) is 11.5 Å². The lowest BCUT2D eigenvalue weighted by molar-refractivity contribution is -0.108. The van der Waals surface area contributed by atoms with E-state index in [1.54, 1.807) is 7.11 Å². The monoisotopic (exact) mass is 326 g/mol. The molecular formula is C15H19BrO3. The zero-order valence-corrected chi connectivity index (χ0v) is 12.9. The van der Waals surface area contributed by atoms with Gasteiger partial charge in [0.15, 0.2) is 11.5 Å². The molecule has 0 aromatic heterocycles. The maximum atomic E-state index is 10.7. The molecule has 1 aromatic carbocycles. The summed E-state index contributed by atoms with van der Waals surface area (Å²) in [7, 11) is 1.64. The Morgan fingerprint density at radius 2 is 2.21 bits per heavy atom. The van der Waals surface area contributed by atoms with E-state index in [2.05, 4.69) is 15.9 Å². The second-order valence-corrected chi connectivity index (χ2v) is 5.92. The Bertz CT molecular complexity index is 455. The minimum absolute atomic E-state index is 0.124. The lowest BCUT2D eigenvalue weighted by atomic mass is 9.94. The number of benzene rings is 1. The number of hydrogen-bond donors (Lipinski definition) is 0. The van der Waals surface area contributed by atoms with Gasteiger partial charge in [0, 0.05) is 16.5 Å². The number of carbonyl (C=O) groups excluding carboxylic acids is 1. The maximum Gasteiger partial charge on any atom is 0.165 e. The first-order chi connectivity index (χ1) is 9.15. The average Bonchev–Trinajstić information content (AvgIpc) is 2.34. The molecule has 19 heavy (non-hydrogen) atoms. The van der Waals surface area contributed by atoms with Crippen molar-refractivity contribution in [1.82, 2.24) is 0 Å². The van der Waals surface area contributed by atoms with Gasteiger partial charge < -0.3 is 14.3 Å². The molecule has 1 fully saturated rings. The predicted octanol–water partition coefficient (Wildman–Crippen LogP) is 4.08. The normalized spacial score (nSPS) is 16.6. The molecule has 1 aliphatic carbocycles. The van der Waals surface area contributed by atoms with Gasteiger partial charge in [-0.3, -0.25) is 0 Å². The van der Waals surface area contributed by atoms with E-state index in [-0.39, 0.29) is 12.0 Å². The molecule has 0 spiro atoms. The first-order valence-corrected chi connectivity index (χ1v) is 7.42. The highest BCUT2D eigenvalue weighted by atomic mass is 79.9. The fourth-order valence-electron chi connectivity index (χ4n) is 2.16. The molecule has 0 bridgehead atoms. The van der Waals surface area contributed by atoms with Crippen LogP contribution in [-0.2, 0) is 4.79 Å². The average molecular weight is 327 g/mol. The van der Waals surface area contributed by atoms with Crippen molar-refractivity contribution in [2.24, 2.45) is 0 Å². The highest BCUT2D eigenvalue weighted by Gasteiger charge is 2.24. The summed E-state index contributed by atoms with van der Waals surface area (Å²) in [6, 6.07) is 3.93. The third-order valence-electron chi connectivity index (χ3n) is 3.59. The SMILES string of the molecule is COc1cc(Br)cc(C(C)CC=O)c1OC1CCC1. The molecule has 1 unspecified atom stereocenters. The second-order valence-electron chi connectivity index (χ2n) is 5.00. The standard InChI is InChI=1S/C15H19BrO3/c1-10(6-7-17)13-8-11(16)9-14(18-2)15(13)19-12-4-3-5-12/h7-10,12H,3-6H2,1-2H3. The lowest BCUT2D eigenvalue weighted by Gasteiger charge is -2.29. The van der Waals surface area contributed by atoms with E-state index in [4.69, 9.17) is 9.47 Å². The van der Waals surface area contributed by atoms with Gasteiger partial charge in [-0.2, -0.15) is 0 Å². The molecule has 1 saturated carbocycles. The van der Waals surface area contributed by atoms with Crippen LogP contribution in [0.3, 0.4) is 0 Å². The molecule has 3 nitrogen and oxygen atoms in total. The van der Waals surface area contributed by atoms with E-state index in [0.29, 0.717) is 6.42 Å². The molecule has 0 aliphatic heterocycles. The largest absolute Gasteiger partial charge is 0.493 e. The van der Waals surface area contributed by atoms with E-state index in [1.807, 2.05) is 19.1 Å². The van der Waals surface area contributed by atoms with Crippen molar-refractivity contribution in [2.75, 3.05) is 7.11 Å². The summed E-state index contributed by atoms with van der Waals surface area (Å²) >= 11 is 3.48. The van der Waals surface area contributed by atoms with Gasteiger partial charge in [-0.15, -0.1) is 0 Å². The minimum atomic E-state index is 0.124. The van der Waals surface area contributed by atoms with Crippen LogP contribution in [0.5, 0.6) is 11.5 Å². The summed E-state index contributed by atoms with van der Waals surface area (Å²) in [6.07, 6.45) is 5.15. The number of halogens is 1. The van der Waals surface area contributed by atoms with Gasteiger partial charge in [0.25, 0.3) is 0 Å². The molecule has 1 aromatic rings. The molecule has 0 amide bonds. The minimum Gasteiger partial charge on any atom is -0.493 e. The molecule has 0 heterocycles. The highest BCUT2D eigenvalue weighted by Crippen LogP contribution is 2.41. The third kappa shape index (κ3) is 3.30. The summed E-state index contributed by atoms with van der Waals surface area (Å²) < 4.78 is 12.4. The van der Waals surface area contributed by atoms with Gasteiger partial charge in [0.1, 0.15) is 6.29 Å². The number of rotatable bonds is 6. The quantitative estimate of drug-likeness (QED) is 0.739. The summed E-state index contributed by atoms with van der Waals surface area (Å²) in [5, 5.41) is 0. The van der Waals surface area contributed by atoms with Crippen molar-refractivity contribution in [3.63, 3.8) is 0 Å². The topological polar surface area (TPSA) is 35.5 Å². The van der Waals surface area contributed by atoms with Crippen LogP contribution in [-0.4, -0.2) is 19.5 Å². The van der Waals surface area contributed by atoms with E-state index in [0.717, 1.165) is 40.7 Å². The Morgan fingerprint density at radius 1 is 1.47 bits per heavy atom. The maximum absolute atomic E-state index is 10.7. The van der Waals surface area contributed by atoms with Crippen LogP contribution in [0.2, 0.25) is 0 Å². The van der Waals surface area contributed by atoms with Gasteiger partial charge in [0.05, 0.1) is 13.2 Å². The fourth-order valence-corrected chi connectivity index (χ4v) is 2.61. The highest BCUT2D eigenvalue weighted by molar-refractivity contribution is 9.10. The van der Waals surface area contributed by atoms with Gasteiger partial charge in [-0.1, -0.05) is 22.9 Å². The summed E-state index contributed by atoms with van der Waals surface area (Å²) in [6.45, 7) is 2.03. The second kappa shape index (κ2) is 6.42. The van der Waals surface area contributed by atoms with E-state index in [9.17, 15) is 4.79 Å². The van der Waals surface area contributed by atoms with Crippen molar-refractivity contribution >= 4 is 22.2 Å². The third-order valence-corrected chi connectivity index (χ3v) is 4.04. The first kappa shape index (κ1) is 14.4. The first-order valence-electron chi connectivity index (χ1n) is 6.63. The summed E-state index contributed by atoms with van der Waals surface area (Å²) in [5.41, 5.74) is 1.03. The fraction of sp³-hybridized carbons (Fsp3) is 0.533. The van der Waals surface area contributed by atoms with Crippen LogP contribution in [0.4, 0.5) is 0 Å². The zero-order valence-electron chi connectivity index (χ0n) is 11.3. The van der Waals surface area contributed by atoms with Crippen LogP contribution in [0.25, 0.3) is 0 Å². The van der Waals surface area contributed by atoms with Gasteiger partial charge >= 0.3 is 0 Å². The molecule has 0 radical (unpaired) electrons. The Balaban J connectivity index is 2.35. The Labute approximate surface area is 122 Å². The van der Waals surface area contributed by atoms with E-state index in [1.165, 1.54) is 6.42 Å². The van der Waals surface area contributed by atoms with Gasteiger partial charge in [-0.05, 0) is 37.3 Å². The smallest absolute Gasteiger partial charge is 0.165 e. The van der Waals surface area contributed by atoms with Crippen LogP contribution in [0.1, 0.15) is 44.1 Å². The molecular weight excluding hydrogens is 308 g/mol. The van der Waals surface area contributed by atoms with Crippen molar-refractivity contribution < 1.29 is 14.3 Å². The lowest BCUT2D eigenvalue weighted by Crippen LogP contribution is -2.25. The predicted molar refractivity (Wildman–Crippen MR) is 78.1 cm³/mol. The van der Waals surface area contributed by atoms with Crippen molar-refractivity contribution in [1.29, 1.82) is 0 Å². The van der Waals surface area contributed by atoms with Crippen molar-refractivity contribution in [3.05, 3.63) is 22.2 Å². The molecule has 1 atom stereocenters. The number of ether oxygens (including phenoxy) is 2. The molecule has 1 aliphatic rings. The number of carbonyl (C=O) groups is 1. The van der Waals surface area contributed by atoms with Crippen LogP contribution in [0.15, 0.2) is 16.6 Å². The summed E-state index contributed by atoms with van der Waals surface area (Å²) in [4.78, 5) is 10.7.